The summed E-state index contributed by atoms with van der Waals surface area (Å²) in [6, 6.07) is 2.78. The van der Waals surface area contributed by atoms with Crippen molar-refractivity contribution in [2.24, 2.45) is 0 Å². The largest absolute Gasteiger partial charge is 0.476 e. The Hall–Kier alpha value is -1.67. The number of aliphatic hydroxyl groups excluding tert-OH is 1. The Labute approximate surface area is 124 Å². The van der Waals surface area contributed by atoms with Crippen LogP contribution in [0.3, 0.4) is 0 Å². The van der Waals surface area contributed by atoms with Crippen LogP contribution in [-0.4, -0.2) is 29.1 Å². The number of nitrogens with zero attached hydrogens (tertiary/aromatic N) is 1. The fraction of sp³-hybridized carbons (Fsp3) is 0.417. The van der Waals surface area contributed by atoms with Crippen LogP contribution in [0.1, 0.15) is 25.5 Å². The van der Waals surface area contributed by atoms with E-state index in [1.54, 1.807) is 6.92 Å². The van der Waals surface area contributed by atoms with Crippen molar-refractivity contribution in [3.63, 3.8) is 0 Å². The zero-order chi connectivity index (χ0) is 15.3. The van der Waals surface area contributed by atoms with Crippen molar-refractivity contribution in [1.82, 2.24) is 5.32 Å². The van der Waals surface area contributed by atoms with E-state index >= 15 is 0 Å². The van der Waals surface area contributed by atoms with Crippen LogP contribution in [0.15, 0.2) is 16.6 Å². The molecule has 0 saturated carbocycles. The molecular formula is C12H15BrN2O5. The highest BCUT2D eigenvalue weighted by Crippen LogP contribution is 2.37. The Bertz CT molecular complexity index is 519. The van der Waals surface area contributed by atoms with E-state index in [1.165, 1.54) is 19.1 Å². The van der Waals surface area contributed by atoms with Gasteiger partial charge in [0.15, 0.2) is 6.61 Å². The van der Waals surface area contributed by atoms with Crippen LogP contribution in [-0.2, 0) is 4.79 Å². The minimum absolute atomic E-state index is 0.0977. The fourth-order valence-corrected chi connectivity index (χ4v) is 2.05. The first-order valence-corrected chi connectivity index (χ1v) is 6.71. The summed E-state index contributed by atoms with van der Waals surface area (Å²) in [5, 5.41) is 23.2. The first-order chi connectivity index (χ1) is 9.36. The van der Waals surface area contributed by atoms with Gasteiger partial charge in [0, 0.05) is 22.6 Å². The van der Waals surface area contributed by atoms with Crippen molar-refractivity contribution >= 4 is 27.5 Å². The van der Waals surface area contributed by atoms with E-state index in [0.29, 0.717) is 11.0 Å². The maximum absolute atomic E-state index is 11.4. The molecule has 0 aliphatic rings. The van der Waals surface area contributed by atoms with Crippen molar-refractivity contribution in [2.75, 3.05) is 13.2 Å². The first-order valence-electron chi connectivity index (χ1n) is 5.92. The highest BCUT2D eigenvalue weighted by atomic mass is 79.9. The van der Waals surface area contributed by atoms with Gasteiger partial charge < -0.3 is 15.2 Å². The molecule has 1 aromatic carbocycles. The number of nitro benzene ring substituents is 1. The number of likely N-dealkylation sites (N-methyl/N-ethyl adjacent to an activating group) is 1. The summed E-state index contributed by atoms with van der Waals surface area (Å²) >= 11 is 3.14. The maximum atomic E-state index is 11.4. The summed E-state index contributed by atoms with van der Waals surface area (Å²) in [4.78, 5) is 21.8. The first kappa shape index (κ1) is 16.4. The Morgan fingerprint density at radius 2 is 2.25 bits per heavy atom. The van der Waals surface area contributed by atoms with Gasteiger partial charge in [-0.25, -0.2) is 0 Å². The summed E-state index contributed by atoms with van der Waals surface area (Å²) in [5.74, 6) is -0.485. The number of nitrogens with one attached hydrogen (secondary N) is 1. The van der Waals surface area contributed by atoms with Gasteiger partial charge in [0.05, 0.1) is 11.0 Å². The van der Waals surface area contributed by atoms with Crippen molar-refractivity contribution in [3.05, 3.63) is 32.3 Å². The van der Waals surface area contributed by atoms with Crippen LogP contribution in [0, 0.1) is 10.1 Å². The second kappa shape index (κ2) is 7.20. The Balaban J connectivity index is 3.13. The second-order valence-electron chi connectivity index (χ2n) is 4.02. The molecule has 1 amide bonds. The number of nitro groups is 1. The van der Waals surface area contributed by atoms with E-state index in [9.17, 15) is 20.0 Å². The van der Waals surface area contributed by atoms with E-state index in [2.05, 4.69) is 21.2 Å². The number of hydrogen-bond acceptors (Lipinski definition) is 5. The molecule has 2 N–H and O–H groups in total. The minimum Gasteiger partial charge on any atom is -0.476 e. The van der Waals surface area contributed by atoms with Crippen LogP contribution in [0.5, 0.6) is 5.75 Å². The summed E-state index contributed by atoms with van der Waals surface area (Å²) in [6.07, 6.45) is -0.963. The van der Waals surface area contributed by atoms with E-state index < -0.39 is 11.0 Å². The fourth-order valence-electron chi connectivity index (χ4n) is 1.59. The number of ether oxygens (including phenoxy) is 1. The molecule has 0 heterocycles. The number of aliphatic hydroxyl groups is 1. The smallest absolute Gasteiger partial charge is 0.312 e. The lowest BCUT2D eigenvalue weighted by atomic mass is 10.1. The molecule has 20 heavy (non-hydrogen) atoms. The number of amides is 1. The maximum Gasteiger partial charge on any atom is 0.312 e. The quantitative estimate of drug-likeness (QED) is 0.605. The van der Waals surface area contributed by atoms with Gasteiger partial charge in [-0.15, -0.1) is 0 Å². The van der Waals surface area contributed by atoms with Crippen LogP contribution < -0.4 is 10.1 Å². The summed E-state index contributed by atoms with van der Waals surface area (Å²) in [6.45, 7) is 3.30. The standard InChI is InChI=1S/C12H15BrN2O5/c1-3-14-11(17)6-20-12-9(7(2)16)4-8(13)5-10(12)15(18)19/h4-5,7,16H,3,6H2,1-2H3,(H,14,17). The Morgan fingerprint density at radius 3 is 2.75 bits per heavy atom. The SMILES string of the molecule is CCNC(=O)COc1c(C(C)O)cc(Br)cc1[N+](=O)[O-]. The number of hydrogen-bond donors (Lipinski definition) is 2. The van der Waals surface area contributed by atoms with Gasteiger partial charge in [0.25, 0.3) is 5.91 Å². The average molecular weight is 347 g/mol. The third kappa shape index (κ3) is 4.17. The molecular weight excluding hydrogens is 332 g/mol. The molecule has 110 valence electrons. The molecule has 0 spiro atoms. The predicted molar refractivity (Wildman–Crippen MR) is 75.6 cm³/mol. The second-order valence-corrected chi connectivity index (χ2v) is 4.93. The normalized spacial score (nSPS) is 11.8. The van der Waals surface area contributed by atoms with Gasteiger partial charge in [-0.05, 0) is 19.9 Å². The molecule has 0 saturated heterocycles. The summed E-state index contributed by atoms with van der Waals surface area (Å²) < 4.78 is 5.68. The van der Waals surface area contributed by atoms with Crippen LogP contribution >= 0.6 is 15.9 Å². The van der Waals surface area contributed by atoms with Gasteiger partial charge in [0.2, 0.25) is 5.75 Å². The highest BCUT2D eigenvalue weighted by molar-refractivity contribution is 9.10. The van der Waals surface area contributed by atoms with Crippen molar-refractivity contribution in [3.8, 4) is 5.75 Å². The summed E-state index contributed by atoms with van der Waals surface area (Å²) in [7, 11) is 0. The number of rotatable bonds is 6. The Morgan fingerprint density at radius 1 is 1.60 bits per heavy atom. The predicted octanol–water partition coefficient (Wildman–Crippen LogP) is 1.93. The van der Waals surface area contributed by atoms with Gasteiger partial charge in [-0.3, -0.25) is 14.9 Å². The lowest BCUT2D eigenvalue weighted by Gasteiger charge is -2.14. The van der Waals surface area contributed by atoms with Crippen LogP contribution in [0.25, 0.3) is 0 Å². The molecule has 0 aliphatic heterocycles. The van der Waals surface area contributed by atoms with Crippen LogP contribution in [0.2, 0.25) is 0 Å². The number of benzene rings is 1. The number of carbonyl (C=O) groups is 1. The average Bonchev–Trinajstić information content (AvgIpc) is 2.36. The van der Waals surface area contributed by atoms with Crippen molar-refractivity contribution < 1.29 is 19.6 Å². The molecule has 1 atom stereocenters. The van der Waals surface area contributed by atoms with Gasteiger partial charge in [-0.1, -0.05) is 15.9 Å². The van der Waals surface area contributed by atoms with E-state index in [0.717, 1.165) is 0 Å². The molecule has 0 aliphatic carbocycles. The third-order valence-corrected chi connectivity index (χ3v) is 2.89. The Kier molecular flexibility index (Phi) is 5.90. The van der Waals surface area contributed by atoms with Gasteiger partial charge in [0.1, 0.15) is 0 Å². The monoisotopic (exact) mass is 346 g/mol. The van der Waals surface area contributed by atoms with E-state index in [-0.39, 0.29) is 29.5 Å². The van der Waals surface area contributed by atoms with E-state index in [4.69, 9.17) is 4.74 Å². The molecule has 0 radical (unpaired) electrons. The molecule has 7 nitrogen and oxygen atoms in total. The lowest BCUT2D eigenvalue weighted by molar-refractivity contribution is -0.386. The number of halogens is 1. The zero-order valence-electron chi connectivity index (χ0n) is 11.1. The topological polar surface area (TPSA) is 102 Å². The zero-order valence-corrected chi connectivity index (χ0v) is 12.6. The lowest BCUT2D eigenvalue weighted by Crippen LogP contribution is -2.28. The van der Waals surface area contributed by atoms with E-state index in [1.807, 2.05) is 0 Å². The molecule has 8 heteroatoms. The van der Waals surface area contributed by atoms with Crippen LogP contribution in [0.4, 0.5) is 5.69 Å². The molecule has 1 rings (SSSR count). The minimum atomic E-state index is -0.963. The molecule has 1 unspecified atom stereocenters. The molecule has 0 aromatic heterocycles. The molecule has 1 aromatic rings. The summed E-state index contributed by atoms with van der Waals surface area (Å²) in [5.41, 5.74) is -0.0602. The molecule has 0 bridgehead atoms. The molecule has 0 fully saturated rings. The van der Waals surface area contributed by atoms with Crippen molar-refractivity contribution in [1.29, 1.82) is 0 Å². The highest BCUT2D eigenvalue weighted by Gasteiger charge is 2.23. The third-order valence-electron chi connectivity index (χ3n) is 2.43. The van der Waals surface area contributed by atoms with Gasteiger partial charge >= 0.3 is 5.69 Å². The van der Waals surface area contributed by atoms with Gasteiger partial charge in [-0.2, -0.15) is 0 Å². The van der Waals surface area contributed by atoms with Crippen molar-refractivity contribution in [2.45, 2.75) is 20.0 Å². The number of carbonyl (C=O) groups excluding carboxylic acids is 1.